The zero-order chi connectivity index (χ0) is 11.7. The van der Waals surface area contributed by atoms with Gasteiger partial charge in [0, 0.05) is 14.7 Å². The molecule has 84 valence electrons. The summed E-state index contributed by atoms with van der Waals surface area (Å²) in [4.78, 5) is 4.74. The van der Waals surface area contributed by atoms with E-state index in [0.717, 1.165) is 11.9 Å². The van der Waals surface area contributed by atoms with Crippen molar-refractivity contribution in [3.8, 4) is 0 Å². The van der Waals surface area contributed by atoms with E-state index in [9.17, 15) is 0 Å². The van der Waals surface area contributed by atoms with Crippen LogP contribution >= 0.6 is 22.6 Å². The van der Waals surface area contributed by atoms with Gasteiger partial charge in [-0.1, -0.05) is 26.8 Å². The van der Waals surface area contributed by atoms with Crippen molar-refractivity contribution >= 4 is 33.5 Å². The zero-order valence-electron chi connectivity index (χ0n) is 9.92. The molecule has 0 aliphatic carbocycles. The molecule has 1 heterocycles. The molecule has 2 aromatic rings. The minimum absolute atomic E-state index is 0.493. The van der Waals surface area contributed by atoms with Gasteiger partial charge >= 0.3 is 0 Å². The minimum Gasteiger partial charge on any atom is -0.253 e. The molecular formula is C14H16IN. The molecule has 2 heteroatoms. The Balaban J connectivity index is 2.73. The van der Waals surface area contributed by atoms with E-state index in [4.69, 9.17) is 4.98 Å². The van der Waals surface area contributed by atoms with E-state index < -0.39 is 0 Å². The number of hydrogen-bond acceptors (Lipinski definition) is 1. The van der Waals surface area contributed by atoms with Gasteiger partial charge in [0.15, 0.2) is 0 Å². The number of benzene rings is 1. The average Bonchev–Trinajstić information content (AvgIpc) is 2.26. The van der Waals surface area contributed by atoms with Crippen molar-refractivity contribution < 1.29 is 0 Å². The average molecular weight is 325 g/mol. The van der Waals surface area contributed by atoms with Crippen molar-refractivity contribution in [2.75, 3.05) is 0 Å². The van der Waals surface area contributed by atoms with Crippen molar-refractivity contribution in [1.29, 1.82) is 0 Å². The van der Waals surface area contributed by atoms with Gasteiger partial charge in [0.05, 0.1) is 5.52 Å². The van der Waals surface area contributed by atoms with Crippen molar-refractivity contribution in [3.05, 3.63) is 39.1 Å². The second-order valence-electron chi connectivity index (χ2n) is 4.38. The second-order valence-corrected chi connectivity index (χ2v) is 5.62. The lowest BCUT2D eigenvalue weighted by atomic mass is 10.0. The lowest BCUT2D eigenvalue weighted by Crippen LogP contribution is -1.97. The summed E-state index contributed by atoms with van der Waals surface area (Å²) in [5.41, 5.74) is 3.74. The Hall–Kier alpha value is -0.640. The van der Waals surface area contributed by atoms with Crippen molar-refractivity contribution in [3.63, 3.8) is 0 Å². The Morgan fingerprint density at radius 2 is 2.00 bits per heavy atom. The van der Waals surface area contributed by atoms with Crippen LogP contribution in [0.15, 0.2) is 24.3 Å². The third kappa shape index (κ3) is 2.21. The van der Waals surface area contributed by atoms with Gasteiger partial charge in [0.1, 0.15) is 0 Å². The molecule has 0 fully saturated rings. The quantitative estimate of drug-likeness (QED) is 0.740. The number of fused-ring (bicyclic) bond motifs is 1. The molecule has 0 spiro atoms. The van der Waals surface area contributed by atoms with Crippen molar-refractivity contribution in [2.45, 2.75) is 33.1 Å². The van der Waals surface area contributed by atoms with E-state index in [2.05, 4.69) is 67.6 Å². The molecule has 0 atom stereocenters. The van der Waals surface area contributed by atoms with E-state index in [1.807, 2.05) is 0 Å². The summed E-state index contributed by atoms with van der Waals surface area (Å²) < 4.78 is 1.25. The Kier molecular flexibility index (Phi) is 3.47. The van der Waals surface area contributed by atoms with Crippen LogP contribution in [-0.4, -0.2) is 4.98 Å². The number of aromatic nitrogens is 1. The lowest BCUT2D eigenvalue weighted by Gasteiger charge is -2.10. The number of halogens is 1. The van der Waals surface area contributed by atoms with Crippen LogP contribution in [0.3, 0.4) is 0 Å². The molecule has 0 N–H and O–H groups in total. The molecule has 0 aliphatic rings. The first kappa shape index (κ1) is 11.8. The van der Waals surface area contributed by atoms with E-state index in [-0.39, 0.29) is 0 Å². The van der Waals surface area contributed by atoms with Crippen LogP contribution in [0.1, 0.15) is 37.9 Å². The fourth-order valence-corrected chi connectivity index (χ4v) is 2.36. The zero-order valence-corrected chi connectivity index (χ0v) is 12.1. The molecule has 0 saturated carbocycles. The Morgan fingerprint density at radius 1 is 1.25 bits per heavy atom. The fourth-order valence-electron chi connectivity index (χ4n) is 1.88. The summed E-state index contributed by atoms with van der Waals surface area (Å²) >= 11 is 2.34. The maximum atomic E-state index is 4.74. The summed E-state index contributed by atoms with van der Waals surface area (Å²) in [6.45, 7) is 6.60. The Labute approximate surface area is 110 Å². The molecule has 0 unspecified atom stereocenters. The molecule has 0 saturated heterocycles. The van der Waals surface area contributed by atoms with Gasteiger partial charge in [-0.15, -0.1) is 0 Å². The van der Waals surface area contributed by atoms with Gasteiger partial charge < -0.3 is 0 Å². The number of rotatable bonds is 2. The SMILES string of the molecule is CCc1cc(C(C)C)nc2cc(I)ccc12. The molecule has 16 heavy (non-hydrogen) atoms. The van der Waals surface area contributed by atoms with E-state index in [1.165, 1.54) is 20.2 Å². The molecule has 0 bridgehead atoms. The monoisotopic (exact) mass is 325 g/mol. The molecule has 0 amide bonds. The van der Waals surface area contributed by atoms with E-state index in [0.29, 0.717) is 5.92 Å². The summed E-state index contributed by atoms with van der Waals surface area (Å²) in [5, 5.41) is 1.30. The molecule has 0 radical (unpaired) electrons. The second kappa shape index (κ2) is 4.70. The maximum Gasteiger partial charge on any atom is 0.0718 e. The molecule has 2 rings (SSSR count). The topological polar surface area (TPSA) is 12.9 Å². The predicted octanol–water partition coefficient (Wildman–Crippen LogP) is 4.53. The Bertz CT molecular complexity index is 517. The summed E-state index contributed by atoms with van der Waals surface area (Å²) in [5.74, 6) is 0.493. The highest BCUT2D eigenvalue weighted by Gasteiger charge is 2.07. The van der Waals surface area contributed by atoms with Crippen molar-refractivity contribution in [1.82, 2.24) is 4.98 Å². The van der Waals surface area contributed by atoms with Crippen LogP contribution in [0.25, 0.3) is 10.9 Å². The lowest BCUT2D eigenvalue weighted by molar-refractivity contribution is 0.826. The summed E-state index contributed by atoms with van der Waals surface area (Å²) in [7, 11) is 0. The Morgan fingerprint density at radius 3 is 2.62 bits per heavy atom. The predicted molar refractivity (Wildman–Crippen MR) is 77.9 cm³/mol. The van der Waals surface area contributed by atoms with Crippen LogP contribution in [0.4, 0.5) is 0 Å². The van der Waals surface area contributed by atoms with Gasteiger partial charge in [0.2, 0.25) is 0 Å². The highest BCUT2D eigenvalue weighted by atomic mass is 127. The van der Waals surface area contributed by atoms with E-state index >= 15 is 0 Å². The first-order valence-corrected chi connectivity index (χ1v) is 6.78. The number of nitrogens with zero attached hydrogens (tertiary/aromatic N) is 1. The number of hydrogen-bond donors (Lipinski definition) is 0. The third-order valence-corrected chi connectivity index (χ3v) is 3.52. The summed E-state index contributed by atoms with van der Waals surface area (Å²) in [6.07, 6.45) is 1.07. The van der Waals surface area contributed by atoms with Crippen LogP contribution in [0.5, 0.6) is 0 Å². The highest BCUT2D eigenvalue weighted by Crippen LogP contribution is 2.24. The van der Waals surface area contributed by atoms with Crippen molar-refractivity contribution in [2.24, 2.45) is 0 Å². The maximum absolute atomic E-state index is 4.74. The molecule has 1 aromatic carbocycles. The first-order chi connectivity index (χ1) is 7.61. The molecule has 0 aliphatic heterocycles. The smallest absolute Gasteiger partial charge is 0.0718 e. The van der Waals surface area contributed by atoms with Crippen LogP contribution in [0.2, 0.25) is 0 Å². The molecule has 1 aromatic heterocycles. The molecular weight excluding hydrogens is 309 g/mol. The summed E-state index contributed by atoms with van der Waals surface area (Å²) in [6, 6.07) is 8.76. The highest BCUT2D eigenvalue weighted by molar-refractivity contribution is 14.1. The van der Waals surface area contributed by atoms with Gasteiger partial charge in [0.25, 0.3) is 0 Å². The van der Waals surface area contributed by atoms with E-state index in [1.54, 1.807) is 0 Å². The number of aryl methyl sites for hydroxylation is 1. The third-order valence-electron chi connectivity index (χ3n) is 2.85. The van der Waals surface area contributed by atoms with Gasteiger partial charge in [-0.2, -0.15) is 0 Å². The molecule has 1 nitrogen and oxygen atoms in total. The standard InChI is InChI=1S/C14H16IN/c1-4-10-7-13(9(2)3)16-14-8-11(15)5-6-12(10)14/h5-9H,4H2,1-3H3. The van der Waals surface area contributed by atoms with Crippen LogP contribution in [-0.2, 0) is 6.42 Å². The first-order valence-electron chi connectivity index (χ1n) is 5.71. The van der Waals surface area contributed by atoms with Crippen LogP contribution < -0.4 is 0 Å². The van der Waals surface area contributed by atoms with Gasteiger partial charge in [-0.05, 0) is 58.7 Å². The largest absolute Gasteiger partial charge is 0.253 e. The number of pyridine rings is 1. The van der Waals surface area contributed by atoms with Gasteiger partial charge in [-0.25, -0.2) is 0 Å². The normalized spacial score (nSPS) is 11.3. The minimum atomic E-state index is 0.493. The fraction of sp³-hybridized carbons (Fsp3) is 0.357. The van der Waals surface area contributed by atoms with Crippen LogP contribution in [0, 0.1) is 3.57 Å². The van der Waals surface area contributed by atoms with Gasteiger partial charge in [-0.3, -0.25) is 4.98 Å².